The van der Waals surface area contributed by atoms with Crippen LogP contribution in [0.5, 0.6) is 0 Å². The highest BCUT2D eigenvalue weighted by Crippen LogP contribution is 2.31. The molecule has 1 aromatic heterocycles. The number of benzene rings is 1. The maximum Gasteiger partial charge on any atom is 0.416 e. The van der Waals surface area contributed by atoms with E-state index >= 15 is 0 Å². The molecule has 0 radical (unpaired) electrons. The summed E-state index contributed by atoms with van der Waals surface area (Å²) >= 11 is 1.32. The lowest BCUT2D eigenvalue weighted by Gasteiger charge is -2.23. The van der Waals surface area contributed by atoms with Crippen LogP contribution in [0.3, 0.4) is 0 Å². The van der Waals surface area contributed by atoms with E-state index in [-0.39, 0.29) is 30.5 Å². The fourth-order valence-corrected chi connectivity index (χ4v) is 3.01. The molecule has 0 atom stereocenters. The van der Waals surface area contributed by atoms with Crippen molar-refractivity contribution in [1.29, 1.82) is 0 Å². The van der Waals surface area contributed by atoms with Gasteiger partial charge in [0.15, 0.2) is 0 Å². The largest absolute Gasteiger partial charge is 0.416 e. The van der Waals surface area contributed by atoms with Gasteiger partial charge in [-0.15, -0.1) is 11.3 Å². The summed E-state index contributed by atoms with van der Waals surface area (Å²) in [5, 5.41) is 4.53. The van der Waals surface area contributed by atoms with Gasteiger partial charge in [0, 0.05) is 25.2 Å². The summed E-state index contributed by atoms with van der Waals surface area (Å²) in [6.45, 7) is 2.20. The van der Waals surface area contributed by atoms with Crippen molar-refractivity contribution in [3.8, 4) is 0 Å². The molecule has 0 unspecified atom stereocenters. The van der Waals surface area contributed by atoms with Crippen molar-refractivity contribution in [1.82, 2.24) is 5.32 Å². The van der Waals surface area contributed by atoms with E-state index in [9.17, 15) is 22.8 Å². The third-order valence-electron chi connectivity index (χ3n) is 3.68. The predicted octanol–water partition coefficient (Wildman–Crippen LogP) is 4.33. The summed E-state index contributed by atoms with van der Waals surface area (Å²) in [5.74, 6) is -0.471. The van der Waals surface area contributed by atoms with Gasteiger partial charge in [-0.25, -0.2) is 0 Å². The van der Waals surface area contributed by atoms with Crippen LogP contribution in [0.15, 0.2) is 41.8 Å². The summed E-state index contributed by atoms with van der Waals surface area (Å²) in [6.07, 6.45) is -3.86. The van der Waals surface area contributed by atoms with E-state index in [1.807, 2.05) is 0 Å². The highest BCUT2D eigenvalue weighted by molar-refractivity contribution is 7.12. The van der Waals surface area contributed by atoms with Gasteiger partial charge in [0.2, 0.25) is 5.91 Å². The van der Waals surface area contributed by atoms with E-state index in [2.05, 4.69) is 5.32 Å². The summed E-state index contributed by atoms with van der Waals surface area (Å²) in [4.78, 5) is 25.9. The van der Waals surface area contributed by atoms with Gasteiger partial charge >= 0.3 is 6.18 Å². The number of halogens is 3. The Bertz CT molecular complexity index is 745. The SMILES string of the molecule is CCC(=O)N(CCCNC(=O)c1cccs1)c1cccc(C(F)(F)F)c1. The van der Waals surface area contributed by atoms with Gasteiger partial charge in [0.05, 0.1) is 10.4 Å². The van der Waals surface area contributed by atoms with Crippen LogP contribution in [0.4, 0.5) is 18.9 Å². The number of carbonyl (C=O) groups excluding carboxylic acids is 2. The van der Waals surface area contributed by atoms with Crippen molar-refractivity contribution in [2.45, 2.75) is 25.9 Å². The van der Waals surface area contributed by atoms with Crippen LogP contribution in [0.25, 0.3) is 0 Å². The molecule has 1 N–H and O–H groups in total. The number of nitrogens with one attached hydrogen (secondary N) is 1. The third-order valence-corrected chi connectivity index (χ3v) is 4.55. The van der Waals surface area contributed by atoms with Crippen LogP contribution in [0, 0.1) is 0 Å². The van der Waals surface area contributed by atoms with E-state index in [1.54, 1.807) is 24.4 Å². The second-order valence-corrected chi connectivity index (χ2v) is 6.48. The van der Waals surface area contributed by atoms with Crippen molar-refractivity contribution < 1.29 is 22.8 Å². The van der Waals surface area contributed by atoms with Crippen molar-refractivity contribution in [2.24, 2.45) is 0 Å². The van der Waals surface area contributed by atoms with E-state index in [0.29, 0.717) is 17.8 Å². The lowest BCUT2D eigenvalue weighted by Crippen LogP contribution is -2.34. The Morgan fingerprint density at radius 3 is 2.58 bits per heavy atom. The standard InChI is InChI=1S/C18H19F3N2O2S/c1-2-16(24)23(14-7-3-6-13(12-14)18(19,20)21)10-5-9-22-17(25)15-8-4-11-26-15/h3-4,6-8,11-12H,2,5,9-10H2,1H3,(H,22,25). The minimum absolute atomic E-state index is 0.178. The Balaban J connectivity index is 2.00. The maximum atomic E-state index is 12.9. The Labute approximate surface area is 153 Å². The lowest BCUT2D eigenvalue weighted by molar-refractivity contribution is -0.137. The van der Waals surface area contributed by atoms with Gasteiger partial charge in [-0.05, 0) is 36.1 Å². The van der Waals surface area contributed by atoms with Crippen LogP contribution in [-0.4, -0.2) is 24.9 Å². The van der Waals surface area contributed by atoms with E-state index in [0.717, 1.165) is 12.1 Å². The third kappa shape index (κ3) is 5.32. The van der Waals surface area contributed by atoms with Crippen LogP contribution < -0.4 is 10.2 Å². The highest BCUT2D eigenvalue weighted by atomic mass is 32.1. The van der Waals surface area contributed by atoms with Gasteiger partial charge in [0.1, 0.15) is 0 Å². The number of alkyl halides is 3. The van der Waals surface area contributed by atoms with Gasteiger partial charge in [-0.1, -0.05) is 19.1 Å². The molecule has 2 aromatic rings. The molecule has 0 aliphatic heterocycles. The van der Waals surface area contributed by atoms with Crippen LogP contribution in [0.2, 0.25) is 0 Å². The van der Waals surface area contributed by atoms with E-state index in [1.165, 1.54) is 28.4 Å². The Hall–Kier alpha value is -2.35. The van der Waals surface area contributed by atoms with Crippen molar-refractivity contribution in [3.05, 3.63) is 52.2 Å². The number of amides is 2. The molecule has 2 rings (SSSR count). The molecule has 2 amide bonds. The average Bonchev–Trinajstić information content (AvgIpc) is 3.15. The summed E-state index contributed by atoms with van der Waals surface area (Å²) in [6, 6.07) is 8.18. The number of anilines is 1. The smallest absolute Gasteiger partial charge is 0.351 e. The van der Waals surface area contributed by atoms with Gasteiger partial charge < -0.3 is 10.2 Å². The van der Waals surface area contributed by atoms with Crippen LogP contribution in [0.1, 0.15) is 35.0 Å². The quantitative estimate of drug-likeness (QED) is 0.723. The first-order valence-corrected chi connectivity index (χ1v) is 9.00. The molecule has 0 bridgehead atoms. The molecular weight excluding hydrogens is 365 g/mol. The first-order valence-electron chi connectivity index (χ1n) is 8.12. The lowest BCUT2D eigenvalue weighted by atomic mass is 10.1. The number of nitrogens with zero attached hydrogens (tertiary/aromatic N) is 1. The Morgan fingerprint density at radius 1 is 1.19 bits per heavy atom. The van der Waals surface area contributed by atoms with Crippen molar-refractivity contribution >= 4 is 28.8 Å². The van der Waals surface area contributed by atoms with Crippen molar-refractivity contribution in [3.63, 3.8) is 0 Å². The second kappa shape index (κ2) is 8.84. The Kier molecular flexibility index (Phi) is 6.79. The normalized spacial score (nSPS) is 11.2. The molecule has 0 fully saturated rings. The maximum absolute atomic E-state index is 12.9. The molecule has 0 aliphatic carbocycles. The molecule has 0 saturated heterocycles. The van der Waals surface area contributed by atoms with Crippen LogP contribution in [-0.2, 0) is 11.0 Å². The summed E-state index contributed by atoms with van der Waals surface area (Å²) < 4.78 is 38.7. The molecule has 0 spiro atoms. The minimum atomic E-state index is -4.47. The topological polar surface area (TPSA) is 49.4 Å². The molecule has 0 aliphatic rings. The first kappa shape index (κ1) is 20.0. The van der Waals surface area contributed by atoms with Gasteiger partial charge in [0.25, 0.3) is 5.91 Å². The first-order chi connectivity index (χ1) is 12.3. The number of thiophene rings is 1. The second-order valence-electron chi connectivity index (χ2n) is 5.53. The highest BCUT2D eigenvalue weighted by Gasteiger charge is 2.31. The molecule has 1 heterocycles. The van der Waals surface area contributed by atoms with Gasteiger partial charge in [-0.3, -0.25) is 9.59 Å². The van der Waals surface area contributed by atoms with E-state index in [4.69, 9.17) is 0 Å². The zero-order valence-corrected chi connectivity index (χ0v) is 15.0. The zero-order valence-electron chi connectivity index (χ0n) is 14.2. The molecule has 4 nitrogen and oxygen atoms in total. The summed E-state index contributed by atoms with van der Waals surface area (Å²) in [5.41, 5.74) is -0.592. The minimum Gasteiger partial charge on any atom is -0.351 e. The molecule has 0 saturated carbocycles. The van der Waals surface area contributed by atoms with Gasteiger partial charge in [-0.2, -0.15) is 13.2 Å². The van der Waals surface area contributed by atoms with Crippen molar-refractivity contribution in [2.75, 3.05) is 18.0 Å². The molecule has 8 heteroatoms. The number of carbonyl (C=O) groups is 2. The predicted molar refractivity (Wildman–Crippen MR) is 95.4 cm³/mol. The molecule has 26 heavy (non-hydrogen) atoms. The monoisotopic (exact) mass is 384 g/mol. The zero-order chi connectivity index (χ0) is 19.2. The number of hydrogen-bond acceptors (Lipinski definition) is 3. The average molecular weight is 384 g/mol. The summed E-state index contributed by atoms with van der Waals surface area (Å²) in [7, 11) is 0. The molecule has 1 aromatic carbocycles. The number of rotatable bonds is 7. The van der Waals surface area contributed by atoms with E-state index < -0.39 is 11.7 Å². The molecular formula is C18H19F3N2O2S. The van der Waals surface area contributed by atoms with Crippen LogP contribution >= 0.6 is 11.3 Å². The molecule has 140 valence electrons. The Morgan fingerprint density at radius 2 is 1.96 bits per heavy atom. The fraction of sp³-hybridized carbons (Fsp3) is 0.333. The fourth-order valence-electron chi connectivity index (χ4n) is 2.37. The number of hydrogen-bond donors (Lipinski definition) is 1.